The van der Waals surface area contributed by atoms with Crippen LogP contribution in [-0.2, 0) is 0 Å². The first-order chi connectivity index (χ1) is 9.65. The van der Waals surface area contributed by atoms with Crippen LogP contribution in [0.2, 0.25) is 0 Å². The molecule has 5 nitrogen and oxygen atoms in total. The molecule has 0 saturated carbocycles. The van der Waals surface area contributed by atoms with E-state index < -0.39 is 0 Å². The van der Waals surface area contributed by atoms with Crippen LogP contribution in [0.3, 0.4) is 0 Å². The lowest BCUT2D eigenvalue weighted by atomic mass is 10.1. The molecule has 0 spiro atoms. The summed E-state index contributed by atoms with van der Waals surface area (Å²) >= 11 is 0. The van der Waals surface area contributed by atoms with Gasteiger partial charge in [0.05, 0.1) is 22.6 Å². The minimum atomic E-state index is -0.194. The van der Waals surface area contributed by atoms with Crippen molar-refractivity contribution >= 4 is 23.0 Å². The lowest BCUT2D eigenvalue weighted by Gasteiger charge is -2.11. The summed E-state index contributed by atoms with van der Waals surface area (Å²) < 4.78 is 0. The normalized spacial score (nSPS) is 9.60. The quantitative estimate of drug-likeness (QED) is 0.743. The summed E-state index contributed by atoms with van der Waals surface area (Å²) in [5.41, 5.74) is 8.72. The lowest BCUT2D eigenvalue weighted by molar-refractivity contribution is 0.0963. The van der Waals surface area contributed by atoms with Crippen molar-refractivity contribution in [2.75, 3.05) is 18.1 Å². The van der Waals surface area contributed by atoms with Crippen molar-refractivity contribution in [2.45, 2.75) is 0 Å². The fraction of sp³-hybridized carbons (Fsp3) is 0.0667. The Labute approximate surface area is 117 Å². The Balaban J connectivity index is 2.31. The summed E-state index contributed by atoms with van der Waals surface area (Å²) in [5.74, 6) is -0.194. The molecule has 0 aliphatic heterocycles. The van der Waals surface area contributed by atoms with Gasteiger partial charge in [0, 0.05) is 12.6 Å². The highest BCUT2D eigenvalue weighted by Crippen LogP contribution is 2.26. The van der Waals surface area contributed by atoms with Gasteiger partial charge in [-0.2, -0.15) is 5.26 Å². The zero-order chi connectivity index (χ0) is 14.5. The van der Waals surface area contributed by atoms with Gasteiger partial charge in [0.1, 0.15) is 6.07 Å². The number of carbonyl (C=O) groups is 1. The van der Waals surface area contributed by atoms with Crippen molar-refractivity contribution in [1.29, 1.82) is 5.26 Å². The Morgan fingerprint density at radius 3 is 2.60 bits per heavy atom. The third-order valence-corrected chi connectivity index (χ3v) is 2.86. The summed E-state index contributed by atoms with van der Waals surface area (Å²) in [5, 5.41) is 14.7. The molecule has 0 aliphatic carbocycles. The maximum atomic E-state index is 11.5. The second-order valence-corrected chi connectivity index (χ2v) is 4.16. The van der Waals surface area contributed by atoms with Crippen LogP contribution in [0.5, 0.6) is 0 Å². The van der Waals surface area contributed by atoms with Crippen molar-refractivity contribution in [1.82, 2.24) is 5.32 Å². The molecule has 0 aromatic heterocycles. The first kappa shape index (κ1) is 13.4. The Morgan fingerprint density at radius 2 is 1.95 bits per heavy atom. The van der Waals surface area contributed by atoms with Gasteiger partial charge in [0.15, 0.2) is 0 Å². The highest BCUT2D eigenvalue weighted by molar-refractivity contribution is 5.96. The Bertz CT molecular complexity index is 689. The van der Waals surface area contributed by atoms with Crippen LogP contribution in [0.15, 0.2) is 42.5 Å². The fourth-order valence-electron chi connectivity index (χ4n) is 1.80. The Hall–Kier alpha value is -3.00. The number of amides is 1. The molecule has 0 radical (unpaired) electrons. The van der Waals surface area contributed by atoms with Gasteiger partial charge in [-0.1, -0.05) is 12.1 Å². The third-order valence-electron chi connectivity index (χ3n) is 2.86. The number of nitrogens with one attached hydrogen (secondary N) is 2. The van der Waals surface area contributed by atoms with E-state index in [9.17, 15) is 4.79 Å². The number of nitrogens with two attached hydrogens (primary N) is 1. The van der Waals surface area contributed by atoms with Crippen molar-refractivity contribution in [3.8, 4) is 6.07 Å². The maximum absolute atomic E-state index is 11.5. The van der Waals surface area contributed by atoms with Crippen LogP contribution in [0.4, 0.5) is 17.1 Å². The van der Waals surface area contributed by atoms with Crippen LogP contribution in [0.1, 0.15) is 15.9 Å². The summed E-state index contributed by atoms with van der Waals surface area (Å²) in [6.45, 7) is 0. The molecule has 2 aromatic rings. The molecular weight excluding hydrogens is 252 g/mol. The second kappa shape index (κ2) is 5.76. The molecule has 0 aliphatic rings. The van der Waals surface area contributed by atoms with Gasteiger partial charge < -0.3 is 16.4 Å². The molecule has 2 aromatic carbocycles. The van der Waals surface area contributed by atoms with Gasteiger partial charge in [-0.25, -0.2) is 0 Å². The van der Waals surface area contributed by atoms with Crippen LogP contribution < -0.4 is 16.4 Å². The standard InChI is InChI=1S/C15H14N4O/c1-18-15(20)10-6-7-14(12(17)8-10)19-13-5-3-2-4-11(13)9-16/h2-8,19H,17H2,1H3,(H,18,20). The number of carbonyl (C=O) groups excluding carboxylic acids is 1. The molecule has 0 bridgehead atoms. The average Bonchev–Trinajstić information content (AvgIpc) is 2.49. The van der Waals surface area contributed by atoms with E-state index in [0.29, 0.717) is 28.2 Å². The number of rotatable bonds is 3. The van der Waals surface area contributed by atoms with Crippen molar-refractivity contribution < 1.29 is 4.79 Å². The van der Waals surface area contributed by atoms with E-state index in [1.165, 1.54) is 0 Å². The molecule has 100 valence electrons. The minimum absolute atomic E-state index is 0.194. The predicted octanol–water partition coefficient (Wildman–Crippen LogP) is 2.24. The van der Waals surface area contributed by atoms with Crippen molar-refractivity contribution in [2.24, 2.45) is 0 Å². The molecule has 20 heavy (non-hydrogen) atoms. The number of hydrogen-bond donors (Lipinski definition) is 3. The highest BCUT2D eigenvalue weighted by Gasteiger charge is 2.08. The second-order valence-electron chi connectivity index (χ2n) is 4.16. The molecule has 0 unspecified atom stereocenters. The van der Waals surface area contributed by atoms with Gasteiger partial charge in [-0.05, 0) is 30.3 Å². The average molecular weight is 266 g/mol. The summed E-state index contributed by atoms with van der Waals surface area (Å²) in [6.07, 6.45) is 0. The molecule has 1 amide bonds. The summed E-state index contributed by atoms with van der Waals surface area (Å²) in [6, 6.07) is 14.2. The van der Waals surface area contributed by atoms with Gasteiger partial charge in [0.2, 0.25) is 0 Å². The largest absolute Gasteiger partial charge is 0.397 e. The van der Waals surface area contributed by atoms with Crippen molar-refractivity contribution in [3.05, 3.63) is 53.6 Å². The van der Waals surface area contributed by atoms with E-state index in [1.54, 1.807) is 43.4 Å². The van der Waals surface area contributed by atoms with E-state index in [2.05, 4.69) is 16.7 Å². The number of para-hydroxylation sites is 1. The molecule has 0 heterocycles. The molecule has 5 heteroatoms. The Kier molecular flexibility index (Phi) is 3.87. The summed E-state index contributed by atoms with van der Waals surface area (Å²) in [4.78, 5) is 11.5. The maximum Gasteiger partial charge on any atom is 0.251 e. The molecule has 4 N–H and O–H groups in total. The van der Waals surface area contributed by atoms with Gasteiger partial charge in [-0.3, -0.25) is 4.79 Å². The zero-order valence-corrected chi connectivity index (χ0v) is 11.0. The number of hydrogen-bond acceptors (Lipinski definition) is 4. The number of nitriles is 1. The number of anilines is 3. The molecule has 2 rings (SSSR count). The molecule has 0 atom stereocenters. The third kappa shape index (κ3) is 2.70. The smallest absolute Gasteiger partial charge is 0.251 e. The first-order valence-corrected chi connectivity index (χ1v) is 6.03. The molecular formula is C15H14N4O. The van der Waals surface area contributed by atoms with Crippen molar-refractivity contribution in [3.63, 3.8) is 0 Å². The highest BCUT2D eigenvalue weighted by atomic mass is 16.1. The van der Waals surface area contributed by atoms with E-state index in [-0.39, 0.29) is 5.91 Å². The Morgan fingerprint density at radius 1 is 1.20 bits per heavy atom. The predicted molar refractivity (Wildman–Crippen MR) is 78.7 cm³/mol. The van der Waals surface area contributed by atoms with E-state index >= 15 is 0 Å². The number of nitrogen functional groups attached to an aromatic ring is 1. The minimum Gasteiger partial charge on any atom is -0.397 e. The van der Waals surface area contributed by atoms with Crippen LogP contribution in [0.25, 0.3) is 0 Å². The van der Waals surface area contributed by atoms with Crippen LogP contribution >= 0.6 is 0 Å². The topological polar surface area (TPSA) is 90.9 Å². The number of benzene rings is 2. The molecule has 0 saturated heterocycles. The fourth-order valence-corrected chi connectivity index (χ4v) is 1.80. The van der Waals surface area contributed by atoms with Gasteiger partial charge >= 0.3 is 0 Å². The van der Waals surface area contributed by atoms with E-state index in [1.807, 2.05) is 6.07 Å². The van der Waals surface area contributed by atoms with Crippen LogP contribution in [-0.4, -0.2) is 13.0 Å². The van der Waals surface area contributed by atoms with Gasteiger partial charge in [0.25, 0.3) is 5.91 Å². The van der Waals surface area contributed by atoms with Crippen LogP contribution in [0, 0.1) is 11.3 Å². The molecule has 0 fully saturated rings. The first-order valence-electron chi connectivity index (χ1n) is 6.03. The number of nitrogens with zero attached hydrogens (tertiary/aromatic N) is 1. The monoisotopic (exact) mass is 266 g/mol. The SMILES string of the molecule is CNC(=O)c1ccc(Nc2ccccc2C#N)c(N)c1. The summed E-state index contributed by atoms with van der Waals surface area (Å²) in [7, 11) is 1.56. The van der Waals surface area contributed by atoms with E-state index in [4.69, 9.17) is 11.0 Å². The van der Waals surface area contributed by atoms with Gasteiger partial charge in [-0.15, -0.1) is 0 Å². The zero-order valence-electron chi connectivity index (χ0n) is 11.0. The van der Waals surface area contributed by atoms with E-state index in [0.717, 1.165) is 0 Å². The lowest BCUT2D eigenvalue weighted by Crippen LogP contribution is -2.18.